The lowest BCUT2D eigenvalue weighted by molar-refractivity contribution is -0.116. The molecule has 1 amide bonds. The first-order chi connectivity index (χ1) is 11.5. The van der Waals surface area contributed by atoms with Crippen LogP contribution in [0.5, 0.6) is 0 Å². The Morgan fingerprint density at radius 3 is 2.79 bits per heavy atom. The molecule has 128 valence electrons. The maximum absolute atomic E-state index is 12.2. The first-order valence-electron chi connectivity index (χ1n) is 8.24. The summed E-state index contributed by atoms with van der Waals surface area (Å²) in [5.41, 5.74) is 3.49. The Bertz CT molecular complexity index is 708. The first-order valence-corrected chi connectivity index (χ1v) is 9.06. The number of carbonyl (C=O) groups is 1. The fourth-order valence-corrected chi connectivity index (χ4v) is 3.88. The van der Waals surface area contributed by atoms with Crippen LogP contribution in [0.15, 0.2) is 24.3 Å². The molecule has 0 bridgehead atoms. The lowest BCUT2D eigenvalue weighted by atomic mass is 10.1. The number of aryl methyl sites for hydroxylation is 1. The van der Waals surface area contributed by atoms with E-state index >= 15 is 0 Å². The Kier molecular flexibility index (Phi) is 5.16. The molecule has 0 aliphatic carbocycles. The number of aromatic nitrogens is 1. The van der Waals surface area contributed by atoms with Gasteiger partial charge in [0, 0.05) is 50.6 Å². The lowest BCUT2D eigenvalue weighted by Crippen LogP contribution is -2.25. The molecule has 2 aromatic rings. The third-order valence-electron chi connectivity index (χ3n) is 4.26. The average Bonchev–Trinajstić information content (AvgIpc) is 2.94. The highest BCUT2D eigenvalue weighted by atomic mass is 32.1. The van der Waals surface area contributed by atoms with Gasteiger partial charge in [0.1, 0.15) is 0 Å². The fraction of sp³-hybridized carbons (Fsp3) is 0.444. The van der Waals surface area contributed by atoms with E-state index in [0.29, 0.717) is 6.42 Å². The summed E-state index contributed by atoms with van der Waals surface area (Å²) < 4.78 is 0. The summed E-state index contributed by atoms with van der Waals surface area (Å²) in [6.07, 6.45) is 2.19. The van der Waals surface area contributed by atoms with Crippen molar-refractivity contribution < 1.29 is 4.79 Å². The number of hydrogen-bond acceptors (Lipinski definition) is 5. The molecule has 1 aromatic carbocycles. The minimum Gasteiger partial charge on any atom is -0.378 e. The van der Waals surface area contributed by atoms with Gasteiger partial charge in [-0.2, -0.15) is 0 Å². The Morgan fingerprint density at radius 1 is 1.33 bits per heavy atom. The number of anilines is 2. The molecule has 2 heterocycles. The van der Waals surface area contributed by atoms with Gasteiger partial charge in [0.15, 0.2) is 5.13 Å². The van der Waals surface area contributed by atoms with E-state index in [-0.39, 0.29) is 5.91 Å². The molecule has 0 radical (unpaired) electrons. The molecule has 0 unspecified atom stereocenters. The third-order valence-corrected chi connectivity index (χ3v) is 5.26. The van der Waals surface area contributed by atoms with Crippen LogP contribution in [0.2, 0.25) is 0 Å². The summed E-state index contributed by atoms with van der Waals surface area (Å²) >= 11 is 1.60. The van der Waals surface area contributed by atoms with Gasteiger partial charge in [-0.25, -0.2) is 4.98 Å². The van der Waals surface area contributed by atoms with Gasteiger partial charge in [0.2, 0.25) is 5.91 Å². The number of benzene rings is 1. The molecular weight excluding hydrogens is 320 g/mol. The van der Waals surface area contributed by atoms with E-state index in [4.69, 9.17) is 0 Å². The quantitative estimate of drug-likeness (QED) is 0.906. The summed E-state index contributed by atoms with van der Waals surface area (Å²) in [4.78, 5) is 22.4. The summed E-state index contributed by atoms with van der Waals surface area (Å²) in [5.74, 6) is 0.0335. The van der Waals surface area contributed by atoms with E-state index in [0.717, 1.165) is 36.8 Å². The molecule has 0 atom stereocenters. The van der Waals surface area contributed by atoms with E-state index in [1.165, 1.54) is 16.1 Å². The monoisotopic (exact) mass is 344 g/mol. The highest BCUT2D eigenvalue weighted by Gasteiger charge is 2.19. The molecule has 24 heavy (non-hydrogen) atoms. The van der Waals surface area contributed by atoms with Crippen LogP contribution < -0.4 is 10.2 Å². The molecule has 1 aromatic heterocycles. The zero-order valence-corrected chi connectivity index (χ0v) is 15.3. The number of carbonyl (C=O) groups excluding carboxylic acids is 1. The number of amides is 1. The van der Waals surface area contributed by atoms with Crippen LogP contribution in [-0.2, 0) is 24.2 Å². The predicted molar refractivity (Wildman–Crippen MR) is 99.9 cm³/mol. The van der Waals surface area contributed by atoms with Crippen LogP contribution >= 0.6 is 11.3 Å². The van der Waals surface area contributed by atoms with Crippen LogP contribution in [0, 0.1) is 0 Å². The van der Waals surface area contributed by atoms with Gasteiger partial charge in [-0.3, -0.25) is 4.79 Å². The summed E-state index contributed by atoms with van der Waals surface area (Å²) in [5, 5.41) is 3.69. The maximum Gasteiger partial charge on any atom is 0.226 e. The van der Waals surface area contributed by atoms with Gasteiger partial charge < -0.3 is 15.1 Å². The van der Waals surface area contributed by atoms with Crippen molar-refractivity contribution in [2.45, 2.75) is 25.8 Å². The Balaban J connectivity index is 1.52. The SMILES string of the molecule is CN1CCc2nc(NC(=O)CCc3ccc(N(C)C)cc3)sc2C1. The van der Waals surface area contributed by atoms with Gasteiger partial charge in [-0.05, 0) is 31.2 Å². The maximum atomic E-state index is 12.2. The van der Waals surface area contributed by atoms with E-state index < -0.39 is 0 Å². The van der Waals surface area contributed by atoms with Gasteiger partial charge in [-0.15, -0.1) is 11.3 Å². The molecule has 1 aliphatic rings. The summed E-state index contributed by atoms with van der Waals surface area (Å²) in [7, 11) is 6.16. The molecule has 1 aliphatic heterocycles. The molecule has 0 saturated carbocycles. The Labute approximate surface area is 147 Å². The number of rotatable bonds is 5. The van der Waals surface area contributed by atoms with E-state index in [2.05, 4.69) is 51.4 Å². The fourth-order valence-electron chi connectivity index (χ4n) is 2.78. The zero-order chi connectivity index (χ0) is 17.1. The number of likely N-dealkylation sites (N-methyl/N-ethyl adjacent to an activating group) is 1. The Hall–Kier alpha value is -1.92. The normalized spacial score (nSPS) is 14.3. The van der Waals surface area contributed by atoms with Gasteiger partial charge in [0.25, 0.3) is 0 Å². The summed E-state index contributed by atoms with van der Waals surface area (Å²) in [6, 6.07) is 8.33. The van der Waals surface area contributed by atoms with Crippen LogP contribution in [0.4, 0.5) is 10.8 Å². The average molecular weight is 344 g/mol. The number of nitrogens with one attached hydrogen (secondary N) is 1. The highest BCUT2D eigenvalue weighted by Crippen LogP contribution is 2.27. The molecule has 1 N–H and O–H groups in total. The van der Waals surface area contributed by atoms with Crippen molar-refractivity contribution in [1.82, 2.24) is 9.88 Å². The van der Waals surface area contributed by atoms with E-state index in [9.17, 15) is 4.79 Å². The number of fused-ring (bicyclic) bond motifs is 1. The lowest BCUT2D eigenvalue weighted by Gasteiger charge is -2.20. The minimum absolute atomic E-state index is 0.0335. The largest absolute Gasteiger partial charge is 0.378 e. The van der Waals surface area contributed by atoms with Crippen LogP contribution in [0.1, 0.15) is 22.6 Å². The predicted octanol–water partition coefficient (Wildman–Crippen LogP) is 2.77. The summed E-state index contributed by atoms with van der Waals surface area (Å²) in [6.45, 7) is 1.97. The second-order valence-corrected chi connectivity index (χ2v) is 7.57. The van der Waals surface area contributed by atoms with Crippen LogP contribution in [-0.4, -0.2) is 43.5 Å². The molecule has 0 fully saturated rings. The van der Waals surface area contributed by atoms with Crippen molar-refractivity contribution in [3.05, 3.63) is 40.4 Å². The highest BCUT2D eigenvalue weighted by molar-refractivity contribution is 7.15. The Morgan fingerprint density at radius 2 is 2.08 bits per heavy atom. The van der Waals surface area contributed by atoms with Gasteiger partial charge in [0.05, 0.1) is 5.69 Å². The van der Waals surface area contributed by atoms with E-state index in [1.54, 1.807) is 11.3 Å². The van der Waals surface area contributed by atoms with Crippen LogP contribution in [0.3, 0.4) is 0 Å². The smallest absolute Gasteiger partial charge is 0.226 e. The molecule has 3 rings (SSSR count). The number of hydrogen-bond donors (Lipinski definition) is 1. The number of nitrogens with zero attached hydrogens (tertiary/aromatic N) is 3. The standard InChI is InChI=1S/C18H24N4OS/c1-21(2)14-7-4-13(5-8-14)6-9-17(23)20-18-19-15-10-11-22(3)12-16(15)24-18/h4-5,7-8H,6,9-12H2,1-3H3,(H,19,20,23). The van der Waals surface area contributed by atoms with Gasteiger partial charge >= 0.3 is 0 Å². The van der Waals surface area contributed by atoms with Crippen molar-refractivity contribution in [2.24, 2.45) is 0 Å². The van der Waals surface area contributed by atoms with Crippen molar-refractivity contribution in [1.29, 1.82) is 0 Å². The molecule has 5 nitrogen and oxygen atoms in total. The second kappa shape index (κ2) is 7.32. The van der Waals surface area contributed by atoms with Crippen molar-refractivity contribution in [3.63, 3.8) is 0 Å². The molecule has 0 saturated heterocycles. The van der Waals surface area contributed by atoms with Crippen molar-refractivity contribution >= 4 is 28.1 Å². The third kappa shape index (κ3) is 4.13. The van der Waals surface area contributed by atoms with E-state index in [1.807, 2.05) is 14.1 Å². The minimum atomic E-state index is 0.0335. The van der Waals surface area contributed by atoms with Crippen molar-refractivity contribution in [3.8, 4) is 0 Å². The van der Waals surface area contributed by atoms with Crippen LogP contribution in [0.25, 0.3) is 0 Å². The van der Waals surface area contributed by atoms with Crippen molar-refractivity contribution in [2.75, 3.05) is 37.9 Å². The topological polar surface area (TPSA) is 48.5 Å². The zero-order valence-electron chi connectivity index (χ0n) is 14.5. The molecule has 0 spiro atoms. The number of thiazole rings is 1. The first kappa shape index (κ1) is 16.9. The molecular formula is C18H24N4OS. The second-order valence-electron chi connectivity index (χ2n) is 6.49. The molecule has 6 heteroatoms. The van der Waals surface area contributed by atoms with Gasteiger partial charge in [-0.1, -0.05) is 12.1 Å².